The Hall–Kier alpha value is -0.850. The summed E-state index contributed by atoms with van der Waals surface area (Å²) in [5.74, 6) is 1.68. The van der Waals surface area contributed by atoms with Crippen LogP contribution in [0.15, 0.2) is 24.3 Å². The van der Waals surface area contributed by atoms with E-state index in [-0.39, 0.29) is 36.8 Å². The van der Waals surface area contributed by atoms with Crippen LogP contribution in [-0.4, -0.2) is 49.3 Å². The second-order valence-electron chi connectivity index (χ2n) is 7.94. The van der Waals surface area contributed by atoms with Gasteiger partial charge in [0.1, 0.15) is 0 Å². The van der Waals surface area contributed by atoms with Crippen LogP contribution in [0, 0.1) is 11.8 Å². The number of piperidine rings is 1. The third-order valence-electron chi connectivity index (χ3n) is 6.35. The maximum Gasteiger partial charge on any atom is 0.251 e. The van der Waals surface area contributed by atoms with Crippen molar-refractivity contribution in [2.24, 2.45) is 11.8 Å². The molecular formula is C20H31Cl2N3O2. The van der Waals surface area contributed by atoms with E-state index in [2.05, 4.69) is 28.1 Å². The molecule has 1 aromatic rings. The van der Waals surface area contributed by atoms with E-state index in [1.807, 2.05) is 12.1 Å². The Balaban J connectivity index is 0.00000131. The number of hydrogen-bond donors (Lipinski definition) is 4. The van der Waals surface area contributed by atoms with Gasteiger partial charge in [0.2, 0.25) is 0 Å². The molecule has 0 radical (unpaired) electrons. The van der Waals surface area contributed by atoms with Crippen molar-refractivity contribution in [1.29, 1.82) is 0 Å². The number of carbonyl (C=O) groups excluding carboxylic acids is 1. The maximum absolute atomic E-state index is 12.6. The SMILES string of the molecule is Cl.Cl.O=C(N[C@H]1C[C@H]2CNC[C@H]2C[C@@H]1O)c1ccc(C2CCNCC2)cc1. The van der Waals surface area contributed by atoms with Gasteiger partial charge in [-0.05, 0) is 87.3 Å². The highest BCUT2D eigenvalue weighted by atomic mass is 35.5. The average Bonchev–Trinajstić information content (AvgIpc) is 3.10. The highest BCUT2D eigenvalue weighted by Crippen LogP contribution is 2.33. The van der Waals surface area contributed by atoms with Gasteiger partial charge in [0.25, 0.3) is 5.91 Å². The first-order valence-electron chi connectivity index (χ1n) is 9.71. The number of benzene rings is 1. The van der Waals surface area contributed by atoms with Gasteiger partial charge in [-0.25, -0.2) is 0 Å². The van der Waals surface area contributed by atoms with E-state index in [1.54, 1.807) is 0 Å². The van der Waals surface area contributed by atoms with E-state index in [9.17, 15) is 9.90 Å². The molecule has 2 heterocycles. The van der Waals surface area contributed by atoms with E-state index < -0.39 is 6.10 Å². The van der Waals surface area contributed by atoms with Gasteiger partial charge in [0.05, 0.1) is 12.1 Å². The van der Waals surface area contributed by atoms with Gasteiger partial charge in [-0.1, -0.05) is 12.1 Å². The number of amides is 1. The van der Waals surface area contributed by atoms with Crippen LogP contribution >= 0.6 is 24.8 Å². The van der Waals surface area contributed by atoms with Crippen LogP contribution in [0.2, 0.25) is 0 Å². The molecule has 0 spiro atoms. The van der Waals surface area contributed by atoms with Crippen molar-refractivity contribution in [3.05, 3.63) is 35.4 Å². The molecule has 2 saturated heterocycles. The zero-order valence-corrected chi connectivity index (χ0v) is 17.2. The minimum absolute atomic E-state index is 0. The molecule has 4 N–H and O–H groups in total. The van der Waals surface area contributed by atoms with Crippen LogP contribution < -0.4 is 16.0 Å². The Morgan fingerprint density at radius 1 is 0.963 bits per heavy atom. The molecule has 2 aliphatic heterocycles. The number of aliphatic hydroxyl groups is 1. The highest BCUT2D eigenvalue weighted by Gasteiger charge is 2.39. The van der Waals surface area contributed by atoms with E-state index in [4.69, 9.17) is 0 Å². The quantitative estimate of drug-likeness (QED) is 0.609. The zero-order chi connectivity index (χ0) is 17.2. The van der Waals surface area contributed by atoms with Crippen LogP contribution in [0.3, 0.4) is 0 Å². The largest absolute Gasteiger partial charge is 0.391 e. The number of aliphatic hydroxyl groups excluding tert-OH is 1. The van der Waals surface area contributed by atoms with E-state index >= 15 is 0 Å². The summed E-state index contributed by atoms with van der Waals surface area (Å²) in [6.45, 7) is 4.15. The van der Waals surface area contributed by atoms with Gasteiger partial charge in [0.15, 0.2) is 0 Å². The molecule has 7 heteroatoms. The summed E-state index contributed by atoms with van der Waals surface area (Å²) in [7, 11) is 0. The van der Waals surface area contributed by atoms with Gasteiger partial charge >= 0.3 is 0 Å². The molecule has 1 saturated carbocycles. The highest BCUT2D eigenvalue weighted by molar-refractivity contribution is 5.94. The molecule has 3 aliphatic rings. The Kier molecular flexibility index (Phi) is 8.38. The summed E-state index contributed by atoms with van der Waals surface area (Å²) >= 11 is 0. The monoisotopic (exact) mass is 415 g/mol. The summed E-state index contributed by atoms with van der Waals surface area (Å²) in [5.41, 5.74) is 2.02. The Bertz CT molecular complexity index is 608. The summed E-state index contributed by atoms with van der Waals surface area (Å²) in [6.07, 6.45) is 3.56. The molecule has 0 unspecified atom stereocenters. The van der Waals surface area contributed by atoms with Gasteiger partial charge in [-0.15, -0.1) is 24.8 Å². The van der Waals surface area contributed by atoms with Crippen LogP contribution in [0.5, 0.6) is 0 Å². The molecular weight excluding hydrogens is 385 g/mol. The molecule has 0 aromatic heterocycles. The van der Waals surface area contributed by atoms with Crippen molar-refractivity contribution in [2.45, 2.75) is 43.7 Å². The van der Waals surface area contributed by atoms with E-state index in [1.165, 1.54) is 5.56 Å². The Morgan fingerprint density at radius 2 is 1.59 bits per heavy atom. The van der Waals surface area contributed by atoms with Gasteiger partial charge < -0.3 is 21.1 Å². The minimum Gasteiger partial charge on any atom is -0.391 e. The number of carbonyl (C=O) groups is 1. The van der Waals surface area contributed by atoms with Crippen molar-refractivity contribution in [3.8, 4) is 0 Å². The fourth-order valence-electron chi connectivity index (χ4n) is 4.77. The zero-order valence-electron chi connectivity index (χ0n) is 15.5. The van der Waals surface area contributed by atoms with Crippen molar-refractivity contribution < 1.29 is 9.90 Å². The lowest BCUT2D eigenvalue weighted by atomic mass is 9.77. The summed E-state index contributed by atoms with van der Waals surface area (Å²) in [5, 5.41) is 20.2. The number of fused-ring (bicyclic) bond motifs is 1. The Labute approximate surface area is 173 Å². The molecule has 5 nitrogen and oxygen atoms in total. The smallest absolute Gasteiger partial charge is 0.251 e. The standard InChI is InChI=1S/C20H29N3O2.2ClH/c24-19-10-17-12-22-11-16(17)9-18(19)23-20(25)15-3-1-13(2-4-15)14-5-7-21-8-6-14;;/h1-4,14,16-19,21-22,24H,5-12H2,(H,23,25);2*1H/t16-,17+,18-,19-;;/m0../s1. The first-order chi connectivity index (χ1) is 12.2. The first-order valence-corrected chi connectivity index (χ1v) is 9.71. The van der Waals surface area contributed by atoms with Gasteiger partial charge in [-0.3, -0.25) is 4.79 Å². The normalized spacial score (nSPS) is 30.6. The molecule has 4 atom stereocenters. The third-order valence-corrected chi connectivity index (χ3v) is 6.35. The molecule has 1 aliphatic carbocycles. The molecule has 1 aromatic carbocycles. The third kappa shape index (κ3) is 5.15. The lowest BCUT2D eigenvalue weighted by Crippen LogP contribution is -2.49. The number of halogens is 2. The van der Waals surface area contributed by atoms with Crippen LogP contribution in [0.25, 0.3) is 0 Å². The number of nitrogens with one attached hydrogen (secondary N) is 3. The molecule has 4 rings (SSSR count). The summed E-state index contributed by atoms with van der Waals surface area (Å²) < 4.78 is 0. The molecule has 3 fully saturated rings. The van der Waals surface area contributed by atoms with Crippen LogP contribution in [0.1, 0.15) is 47.5 Å². The fourth-order valence-corrected chi connectivity index (χ4v) is 4.77. The number of rotatable bonds is 3. The summed E-state index contributed by atoms with van der Waals surface area (Å²) in [4.78, 5) is 12.6. The van der Waals surface area contributed by atoms with Gasteiger partial charge in [-0.2, -0.15) is 0 Å². The topological polar surface area (TPSA) is 73.4 Å². The number of hydrogen-bond acceptors (Lipinski definition) is 4. The van der Waals surface area contributed by atoms with Gasteiger partial charge in [0, 0.05) is 5.56 Å². The second-order valence-corrected chi connectivity index (χ2v) is 7.94. The van der Waals surface area contributed by atoms with E-state index in [0.717, 1.165) is 51.9 Å². The molecule has 27 heavy (non-hydrogen) atoms. The molecule has 0 bridgehead atoms. The predicted octanol–water partition coefficient (Wildman–Crippen LogP) is 2.09. The fraction of sp³-hybridized carbons (Fsp3) is 0.650. The maximum atomic E-state index is 12.6. The lowest BCUT2D eigenvalue weighted by Gasteiger charge is -2.35. The predicted molar refractivity (Wildman–Crippen MR) is 112 cm³/mol. The van der Waals surface area contributed by atoms with Crippen LogP contribution in [0.4, 0.5) is 0 Å². The lowest BCUT2D eigenvalue weighted by molar-refractivity contribution is 0.0462. The van der Waals surface area contributed by atoms with Crippen molar-refractivity contribution >= 4 is 30.7 Å². The second kappa shape index (κ2) is 10.1. The van der Waals surface area contributed by atoms with Crippen LogP contribution in [-0.2, 0) is 0 Å². The molecule has 152 valence electrons. The average molecular weight is 416 g/mol. The Morgan fingerprint density at radius 3 is 2.26 bits per heavy atom. The molecule has 1 amide bonds. The summed E-state index contributed by atoms with van der Waals surface area (Å²) in [6, 6.07) is 7.93. The van der Waals surface area contributed by atoms with Crippen molar-refractivity contribution in [1.82, 2.24) is 16.0 Å². The van der Waals surface area contributed by atoms with E-state index in [0.29, 0.717) is 23.3 Å². The van der Waals surface area contributed by atoms with Crippen molar-refractivity contribution in [3.63, 3.8) is 0 Å². The van der Waals surface area contributed by atoms with Crippen molar-refractivity contribution in [2.75, 3.05) is 26.2 Å². The first kappa shape index (κ1) is 22.4. The minimum atomic E-state index is -0.431.